The lowest BCUT2D eigenvalue weighted by Gasteiger charge is -2.15. The Labute approximate surface area is 133 Å². The van der Waals surface area contributed by atoms with E-state index in [2.05, 4.69) is 31.2 Å². The van der Waals surface area contributed by atoms with Crippen LogP contribution in [0.25, 0.3) is 0 Å². The van der Waals surface area contributed by atoms with Crippen molar-refractivity contribution in [3.63, 3.8) is 0 Å². The van der Waals surface area contributed by atoms with Crippen LogP contribution in [0.2, 0.25) is 0 Å². The zero-order valence-corrected chi connectivity index (χ0v) is 13.9. The Balaban J connectivity index is 1.50. The van der Waals surface area contributed by atoms with Crippen LogP contribution >= 0.6 is 15.9 Å². The molecular weight excluding hydrogens is 332 g/mol. The summed E-state index contributed by atoms with van der Waals surface area (Å²) in [4.78, 5) is 14.7. The number of aromatic nitrogens is 2. The van der Waals surface area contributed by atoms with Crippen LogP contribution in [0.4, 0.5) is 5.69 Å². The van der Waals surface area contributed by atoms with E-state index in [1.54, 1.807) is 10.9 Å². The molecule has 0 atom stereocenters. The molecule has 0 radical (unpaired) electrons. The highest BCUT2D eigenvalue weighted by molar-refractivity contribution is 9.10. The van der Waals surface area contributed by atoms with Crippen LogP contribution in [0.3, 0.4) is 0 Å². The van der Waals surface area contributed by atoms with Crippen LogP contribution in [0.5, 0.6) is 0 Å². The number of rotatable bonds is 7. The SMILES string of the molecule is O=c1c(Br)c(NCCCN2CCCC2)cnn1CC1CC1. The van der Waals surface area contributed by atoms with Gasteiger partial charge in [0.05, 0.1) is 11.9 Å². The Bertz CT molecular complexity index is 535. The average Bonchev–Trinajstić information content (AvgIpc) is 3.15. The summed E-state index contributed by atoms with van der Waals surface area (Å²) in [7, 11) is 0. The first kappa shape index (κ1) is 15.0. The molecule has 0 unspecified atom stereocenters. The highest BCUT2D eigenvalue weighted by Crippen LogP contribution is 2.30. The number of hydrogen-bond acceptors (Lipinski definition) is 4. The van der Waals surface area contributed by atoms with Crippen molar-refractivity contribution >= 4 is 21.6 Å². The monoisotopic (exact) mass is 354 g/mol. The summed E-state index contributed by atoms with van der Waals surface area (Å²) < 4.78 is 2.19. The number of halogens is 1. The molecule has 1 aliphatic carbocycles. The minimum atomic E-state index is -0.0218. The second-order valence-electron chi connectivity index (χ2n) is 6.13. The van der Waals surface area contributed by atoms with Gasteiger partial charge in [0.1, 0.15) is 4.47 Å². The van der Waals surface area contributed by atoms with Crippen molar-refractivity contribution in [2.45, 2.75) is 38.6 Å². The lowest BCUT2D eigenvalue weighted by Crippen LogP contribution is -2.26. The van der Waals surface area contributed by atoms with Gasteiger partial charge in [-0.25, -0.2) is 4.68 Å². The molecule has 1 aliphatic heterocycles. The highest BCUT2D eigenvalue weighted by Gasteiger charge is 2.23. The molecule has 21 heavy (non-hydrogen) atoms. The molecule has 0 bridgehead atoms. The van der Waals surface area contributed by atoms with Gasteiger partial charge in [-0.15, -0.1) is 0 Å². The lowest BCUT2D eigenvalue weighted by molar-refractivity contribution is 0.337. The quantitative estimate of drug-likeness (QED) is 0.763. The first-order valence-corrected chi connectivity index (χ1v) is 8.75. The predicted molar refractivity (Wildman–Crippen MR) is 87.7 cm³/mol. The van der Waals surface area contributed by atoms with Gasteiger partial charge in [0.15, 0.2) is 0 Å². The van der Waals surface area contributed by atoms with Crippen molar-refractivity contribution < 1.29 is 0 Å². The summed E-state index contributed by atoms with van der Waals surface area (Å²) in [6.07, 6.45) is 7.98. The third-order valence-corrected chi connectivity index (χ3v) is 5.04. The van der Waals surface area contributed by atoms with E-state index in [1.165, 1.54) is 38.8 Å². The molecule has 1 saturated heterocycles. The molecule has 3 rings (SSSR count). The van der Waals surface area contributed by atoms with Crippen LogP contribution < -0.4 is 10.9 Å². The molecule has 1 aromatic heterocycles. The first-order valence-electron chi connectivity index (χ1n) is 7.96. The molecule has 2 aliphatic rings. The van der Waals surface area contributed by atoms with Crippen LogP contribution in [-0.4, -0.2) is 40.9 Å². The van der Waals surface area contributed by atoms with Crippen LogP contribution in [0, 0.1) is 5.92 Å². The Kier molecular flexibility index (Phi) is 4.95. The summed E-state index contributed by atoms with van der Waals surface area (Å²) in [5, 5.41) is 7.60. The molecule has 2 fully saturated rings. The van der Waals surface area contributed by atoms with E-state index in [0.29, 0.717) is 10.4 Å². The highest BCUT2D eigenvalue weighted by atomic mass is 79.9. The van der Waals surface area contributed by atoms with Gasteiger partial charge in [-0.3, -0.25) is 4.79 Å². The molecule has 1 aromatic rings. The summed E-state index contributed by atoms with van der Waals surface area (Å²) >= 11 is 3.41. The standard InChI is InChI=1S/C15H23BrN4O/c16-14-13(17-6-3-9-19-7-1-2-8-19)10-18-20(15(14)21)11-12-4-5-12/h10,12,17H,1-9,11H2. The fraction of sp³-hybridized carbons (Fsp3) is 0.733. The van der Waals surface area contributed by atoms with Crippen LogP contribution in [-0.2, 0) is 6.54 Å². The number of likely N-dealkylation sites (tertiary alicyclic amines) is 1. The molecular formula is C15H23BrN4O. The number of nitrogens with one attached hydrogen (secondary N) is 1. The van der Waals surface area contributed by atoms with Crippen molar-refractivity contribution in [3.8, 4) is 0 Å². The molecule has 1 N–H and O–H groups in total. The van der Waals surface area contributed by atoms with E-state index in [9.17, 15) is 4.79 Å². The van der Waals surface area contributed by atoms with E-state index < -0.39 is 0 Å². The normalized spacial score (nSPS) is 19.1. The number of hydrogen-bond donors (Lipinski definition) is 1. The van der Waals surface area contributed by atoms with Crippen molar-refractivity contribution in [2.24, 2.45) is 5.92 Å². The van der Waals surface area contributed by atoms with Gasteiger partial charge in [-0.1, -0.05) is 0 Å². The smallest absolute Gasteiger partial charge is 0.283 e. The molecule has 0 spiro atoms. The summed E-state index contributed by atoms with van der Waals surface area (Å²) in [6.45, 7) is 5.25. The Morgan fingerprint density at radius 2 is 2.10 bits per heavy atom. The molecule has 6 heteroatoms. The zero-order valence-electron chi connectivity index (χ0n) is 12.4. The van der Waals surface area contributed by atoms with Crippen molar-refractivity contribution in [2.75, 3.05) is 31.5 Å². The number of nitrogens with zero attached hydrogens (tertiary/aromatic N) is 3. The molecule has 2 heterocycles. The molecule has 0 aromatic carbocycles. The zero-order chi connectivity index (χ0) is 14.7. The Morgan fingerprint density at radius 3 is 2.81 bits per heavy atom. The maximum atomic E-state index is 12.2. The Morgan fingerprint density at radius 1 is 1.33 bits per heavy atom. The summed E-state index contributed by atoms with van der Waals surface area (Å²) in [5.74, 6) is 0.654. The van der Waals surface area contributed by atoms with Gasteiger partial charge >= 0.3 is 0 Å². The predicted octanol–water partition coefficient (Wildman–Crippen LogP) is 2.31. The largest absolute Gasteiger partial charge is 0.383 e. The molecule has 5 nitrogen and oxygen atoms in total. The maximum Gasteiger partial charge on any atom is 0.283 e. The third kappa shape index (κ3) is 4.07. The van der Waals surface area contributed by atoms with Gasteiger partial charge in [0.2, 0.25) is 0 Å². The van der Waals surface area contributed by atoms with Gasteiger partial charge in [-0.05, 0) is 73.6 Å². The molecule has 116 valence electrons. The van der Waals surface area contributed by atoms with Gasteiger partial charge in [0, 0.05) is 13.1 Å². The van der Waals surface area contributed by atoms with E-state index in [0.717, 1.165) is 31.7 Å². The maximum absolute atomic E-state index is 12.2. The summed E-state index contributed by atoms with van der Waals surface area (Å²) in [5.41, 5.74) is 0.792. The van der Waals surface area contributed by atoms with Crippen molar-refractivity contribution in [3.05, 3.63) is 21.0 Å². The summed E-state index contributed by atoms with van der Waals surface area (Å²) in [6, 6.07) is 0. The van der Waals surface area contributed by atoms with Crippen molar-refractivity contribution in [1.29, 1.82) is 0 Å². The van der Waals surface area contributed by atoms with E-state index in [1.807, 2.05) is 0 Å². The number of anilines is 1. The Hall–Kier alpha value is -0.880. The van der Waals surface area contributed by atoms with Crippen molar-refractivity contribution in [1.82, 2.24) is 14.7 Å². The second kappa shape index (κ2) is 6.92. The van der Waals surface area contributed by atoms with Gasteiger partial charge < -0.3 is 10.2 Å². The van der Waals surface area contributed by atoms with Crippen LogP contribution in [0.1, 0.15) is 32.1 Å². The topological polar surface area (TPSA) is 50.2 Å². The minimum Gasteiger partial charge on any atom is -0.383 e. The third-order valence-electron chi connectivity index (χ3n) is 4.28. The van der Waals surface area contributed by atoms with E-state index in [-0.39, 0.29) is 5.56 Å². The lowest BCUT2D eigenvalue weighted by atomic mass is 10.3. The van der Waals surface area contributed by atoms with E-state index >= 15 is 0 Å². The van der Waals surface area contributed by atoms with E-state index in [4.69, 9.17) is 0 Å². The first-order chi connectivity index (χ1) is 10.2. The molecule has 1 saturated carbocycles. The fourth-order valence-corrected chi connectivity index (χ4v) is 3.24. The molecule has 0 amide bonds. The minimum absolute atomic E-state index is 0.0218. The van der Waals surface area contributed by atoms with Crippen LogP contribution in [0.15, 0.2) is 15.5 Å². The van der Waals surface area contributed by atoms with Gasteiger partial charge in [-0.2, -0.15) is 5.10 Å². The second-order valence-corrected chi connectivity index (χ2v) is 6.92. The average molecular weight is 355 g/mol. The fourth-order valence-electron chi connectivity index (χ4n) is 2.80. The van der Waals surface area contributed by atoms with Gasteiger partial charge in [0.25, 0.3) is 5.56 Å².